The van der Waals surface area contributed by atoms with Gasteiger partial charge in [-0.2, -0.15) is 0 Å². The largest absolute Gasteiger partial charge is 0.497 e. The van der Waals surface area contributed by atoms with E-state index in [1.165, 1.54) is 12.1 Å². The molecular weight excluding hydrogens is 347 g/mol. The lowest BCUT2D eigenvalue weighted by atomic mass is 10.2. The SMILES string of the molecule is COc1ccc(OCCN2CCCN(C(=O)c3ccc(F)cc3)CC2)cc1. The Morgan fingerprint density at radius 2 is 1.67 bits per heavy atom. The van der Waals surface area contributed by atoms with Gasteiger partial charge in [0, 0.05) is 38.3 Å². The van der Waals surface area contributed by atoms with Crippen LogP contribution >= 0.6 is 0 Å². The Labute approximate surface area is 159 Å². The lowest BCUT2D eigenvalue weighted by Gasteiger charge is -2.22. The number of amides is 1. The highest BCUT2D eigenvalue weighted by molar-refractivity contribution is 5.94. The van der Waals surface area contributed by atoms with E-state index in [4.69, 9.17) is 9.47 Å². The lowest BCUT2D eigenvalue weighted by Crippen LogP contribution is -2.36. The number of nitrogens with zero attached hydrogens (tertiary/aromatic N) is 2. The van der Waals surface area contributed by atoms with Crippen LogP contribution in [0.15, 0.2) is 48.5 Å². The van der Waals surface area contributed by atoms with E-state index in [9.17, 15) is 9.18 Å². The fourth-order valence-electron chi connectivity index (χ4n) is 3.14. The smallest absolute Gasteiger partial charge is 0.253 e. The summed E-state index contributed by atoms with van der Waals surface area (Å²) >= 11 is 0. The van der Waals surface area contributed by atoms with Crippen molar-refractivity contribution in [3.63, 3.8) is 0 Å². The number of hydrogen-bond acceptors (Lipinski definition) is 4. The van der Waals surface area contributed by atoms with Gasteiger partial charge in [0.15, 0.2) is 0 Å². The van der Waals surface area contributed by atoms with Gasteiger partial charge in [0.2, 0.25) is 0 Å². The van der Waals surface area contributed by atoms with Gasteiger partial charge in [0.05, 0.1) is 7.11 Å². The van der Waals surface area contributed by atoms with Crippen molar-refractivity contribution in [1.29, 1.82) is 0 Å². The summed E-state index contributed by atoms with van der Waals surface area (Å²) in [4.78, 5) is 16.7. The van der Waals surface area contributed by atoms with Crippen LogP contribution in [0.4, 0.5) is 4.39 Å². The summed E-state index contributed by atoms with van der Waals surface area (Å²) in [7, 11) is 1.64. The fraction of sp³-hybridized carbons (Fsp3) is 0.381. The highest BCUT2D eigenvalue weighted by atomic mass is 19.1. The Balaban J connectivity index is 1.45. The minimum absolute atomic E-state index is 0.0358. The van der Waals surface area contributed by atoms with Crippen LogP contribution in [0, 0.1) is 5.82 Å². The Hall–Kier alpha value is -2.60. The quantitative estimate of drug-likeness (QED) is 0.782. The van der Waals surface area contributed by atoms with Gasteiger partial charge in [0.25, 0.3) is 5.91 Å². The lowest BCUT2D eigenvalue weighted by molar-refractivity contribution is 0.0760. The number of benzene rings is 2. The molecule has 2 aromatic rings. The zero-order valence-corrected chi connectivity index (χ0v) is 15.6. The molecule has 1 aliphatic rings. The Kier molecular flexibility index (Phi) is 6.65. The molecular formula is C21H25FN2O3. The van der Waals surface area contributed by atoms with Crippen molar-refractivity contribution < 1.29 is 18.7 Å². The topological polar surface area (TPSA) is 42.0 Å². The average molecular weight is 372 g/mol. The van der Waals surface area contributed by atoms with Crippen LogP contribution in [0.5, 0.6) is 11.5 Å². The molecule has 1 amide bonds. The highest BCUT2D eigenvalue weighted by Crippen LogP contribution is 2.17. The Bertz CT molecular complexity index is 734. The third-order valence-corrected chi connectivity index (χ3v) is 4.70. The average Bonchev–Trinajstić information content (AvgIpc) is 2.94. The maximum absolute atomic E-state index is 13.0. The second-order valence-corrected chi connectivity index (χ2v) is 6.52. The van der Waals surface area contributed by atoms with Crippen LogP contribution in [0.2, 0.25) is 0 Å². The fourth-order valence-corrected chi connectivity index (χ4v) is 3.14. The number of methoxy groups -OCH3 is 1. The molecule has 1 fully saturated rings. The van der Waals surface area contributed by atoms with Crippen molar-refractivity contribution in [1.82, 2.24) is 9.80 Å². The number of carbonyl (C=O) groups excluding carboxylic acids is 1. The molecule has 1 saturated heterocycles. The van der Waals surface area contributed by atoms with Gasteiger partial charge < -0.3 is 14.4 Å². The molecule has 0 atom stereocenters. The van der Waals surface area contributed by atoms with Crippen molar-refractivity contribution in [2.24, 2.45) is 0 Å². The number of ether oxygens (including phenoxy) is 2. The normalized spacial score (nSPS) is 15.3. The van der Waals surface area contributed by atoms with Crippen LogP contribution in [-0.2, 0) is 0 Å². The first-order chi connectivity index (χ1) is 13.2. The summed E-state index contributed by atoms with van der Waals surface area (Å²) in [5.74, 6) is 1.26. The predicted octanol–water partition coefficient (Wildman–Crippen LogP) is 3.06. The second-order valence-electron chi connectivity index (χ2n) is 6.52. The van der Waals surface area contributed by atoms with E-state index in [1.54, 1.807) is 19.2 Å². The van der Waals surface area contributed by atoms with Gasteiger partial charge in [-0.25, -0.2) is 4.39 Å². The maximum atomic E-state index is 13.0. The molecule has 0 saturated carbocycles. The van der Waals surface area contributed by atoms with Gasteiger partial charge in [-0.1, -0.05) is 0 Å². The molecule has 144 valence electrons. The van der Waals surface area contributed by atoms with E-state index in [0.717, 1.165) is 37.6 Å². The molecule has 0 N–H and O–H groups in total. The molecule has 0 radical (unpaired) electrons. The number of halogens is 1. The van der Waals surface area contributed by atoms with Gasteiger partial charge in [0.1, 0.15) is 23.9 Å². The summed E-state index contributed by atoms with van der Waals surface area (Å²) in [5, 5.41) is 0. The summed E-state index contributed by atoms with van der Waals surface area (Å²) in [6.45, 7) is 4.52. The molecule has 0 aliphatic carbocycles. The van der Waals surface area contributed by atoms with E-state index in [-0.39, 0.29) is 11.7 Å². The van der Waals surface area contributed by atoms with Crippen LogP contribution in [0.1, 0.15) is 16.8 Å². The third kappa shape index (κ3) is 5.44. The van der Waals surface area contributed by atoms with E-state index in [0.29, 0.717) is 25.3 Å². The molecule has 2 aromatic carbocycles. The molecule has 1 aliphatic heterocycles. The maximum Gasteiger partial charge on any atom is 0.253 e. The van der Waals surface area contributed by atoms with E-state index >= 15 is 0 Å². The molecule has 3 rings (SSSR count). The van der Waals surface area contributed by atoms with Crippen LogP contribution in [-0.4, -0.2) is 62.1 Å². The molecule has 27 heavy (non-hydrogen) atoms. The standard InChI is InChI=1S/C21H25FN2O3/c1-26-19-7-9-20(10-8-19)27-16-15-23-11-2-12-24(14-13-23)21(25)17-3-5-18(22)6-4-17/h3-10H,2,11-16H2,1H3. The molecule has 5 nitrogen and oxygen atoms in total. The van der Waals surface area contributed by atoms with Crippen molar-refractivity contribution in [3.05, 3.63) is 59.9 Å². The van der Waals surface area contributed by atoms with E-state index in [2.05, 4.69) is 4.90 Å². The molecule has 6 heteroatoms. The summed E-state index contributed by atoms with van der Waals surface area (Å²) in [6, 6.07) is 13.3. The predicted molar refractivity (Wildman–Crippen MR) is 102 cm³/mol. The molecule has 0 aromatic heterocycles. The monoisotopic (exact) mass is 372 g/mol. The third-order valence-electron chi connectivity index (χ3n) is 4.70. The van der Waals surface area contributed by atoms with Gasteiger partial charge in [-0.3, -0.25) is 9.69 Å². The number of hydrogen-bond donors (Lipinski definition) is 0. The molecule has 0 bridgehead atoms. The molecule has 1 heterocycles. The minimum atomic E-state index is -0.328. The Morgan fingerprint density at radius 3 is 2.37 bits per heavy atom. The van der Waals surface area contributed by atoms with Crippen LogP contribution < -0.4 is 9.47 Å². The van der Waals surface area contributed by atoms with Crippen molar-refractivity contribution >= 4 is 5.91 Å². The highest BCUT2D eigenvalue weighted by Gasteiger charge is 2.20. The van der Waals surface area contributed by atoms with E-state index < -0.39 is 0 Å². The minimum Gasteiger partial charge on any atom is -0.497 e. The summed E-state index contributed by atoms with van der Waals surface area (Å²) in [6.07, 6.45) is 0.912. The van der Waals surface area contributed by atoms with Crippen molar-refractivity contribution in [3.8, 4) is 11.5 Å². The first-order valence-electron chi connectivity index (χ1n) is 9.20. The summed E-state index contributed by atoms with van der Waals surface area (Å²) in [5.41, 5.74) is 0.535. The van der Waals surface area contributed by atoms with Crippen LogP contribution in [0.25, 0.3) is 0 Å². The molecule has 0 unspecified atom stereocenters. The first kappa shape index (κ1) is 19.2. The van der Waals surface area contributed by atoms with Crippen LogP contribution in [0.3, 0.4) is 0 Å². The number of rotatable bonds is 6. The van der Waals surface area contributed by atoms with Crippen molar-refractivity contribution in [2.45, 2.75) is 6.42 Å². The summed E-state index contributed by atoms with van der Waals surface area (Å²) < 4.78 is 24.0. The van der Waals surface area contributed by atoms with E-state index in [1.807, 2.05) is 29.2 Å². The first-order valence-corrected chi connectivity index (χ1v) is 9.20. The Morgan fingerprint density at radius 1 is 0.963 bits per heavy atom. The van der Waals surface area contributed by atoms with Gasteiger partial charge >= 0.3 is 0 Å². The van der Waals surface area contributed by atoms with Gasteiger partial charge in [-0.05, 0) is 55.0 Å². The number of carbonyl (C=O) groups is 1. The van der Waals surface area contributed by atoms with Crippen molar-refractivity contribution in [2.75, 3.05) is 46.4 Å². The van der Waals surface area contributed by atoms with Gasteiger partial charge in [-0.15, -0.1) is 0 Å². The zero-order chi connectivity index (χ0) is 19.1. The zero-order valence-electron chi connectivity index (χ0n) is 15.6. The second kappa shape index (κ2) is 9.37. The molecule has 0 spiro atoms.